The molecule has 0 fully saturated rings. The smallest absolute Gasteiger partial charge is 0.0704 e. The van der Waals surface area contributed by atoms with Gasteiger partial charge in [0.1, 0.15) is 0 Å². The number of ether oxygens (including phenoxy) is 20. The highest BCUT2D eigenvalue weighted by molar-refractivity contribution is 4.63. The van der Waals surface area contributed by atoms with Gasteiger partial charge in [0.15, 0.2) is 0 Å². The molecular formula is C59H118O21. The van der Waals surface area contributed by atoms with E-state index in [1.54, 1.807) is 6.08 Å². The summed E-state index contributed by atoms with van der Waals surface area (Å²) < 4.78 is 112. The van der Waals surface area contributed by atoms with Crippen LogP contribution in [0.1, 0.15) is 103 Å². The minimum Gasteiger partial charge on any atom is -0.396 e. The Labute approximate surface area is 484 Å². The molecule has 0 rings (SSSR count). The Morgan fingerprint density at radius 2 is 0.275 bits per heavy atom. The minimum absolute atomic E-state index is 0.175. The van der Waals surface area contributed by atoms with Gasteiger partial charge in [-0.25, -0.2) is 0 Å². The largest absolute Gasteiger partial charge is 0.396 e. The molecule has 0 radical (unpaired) electrons. The van der Waals surface area contributed by atoms with Crippen molar-refractivity contribution in [2.45, 2.75) is 103 Å². The lowest BCUT2D eigenvalue weighted by Crippen LogP contribution is -2.13. The summed E-state index contributed by atoms with van der Waals surface area (Å²) in [6.07, 6.45) is 15.6. The van der Waals surface area contributed by atoms with E-state index in [4.69, 9.17) is 99.8 Å². The Bertz CT molecular complexity index is 1080. The van der Waals surface area contributed by atoms with Gasteiger partial charge < -0.3 is 99.8 Å². The van der Waals surface area contributed by atoms with Crippen molar-refractivity contribution in [2.75, 3.05) is 271 Å². The summed E-state index contributed by atoms with van der Waals surface area (Å²) in [5.41, 5.74) is 0. The monoisotopic (exact) mass is 1160 g/mol. The molecule has 0 aromatic heterocycles. The molecule has 0 atom stereocenters. The zero-order valence-corrected chi connectivity index (χ0v) is 50.2. The van der Waals surface area contributed by atoms with Crippen LogP contribution in [0.15, 0.2) is 12.7 Å². The molecule has 0 heterocycles. The molecular weight excluding hydrogens is 1040 g/mol. The van der Waals surface area contributed by atoms with Gasteiger partial charge in [-0.05, 0) is 103 Å². The van der Waals surface area contributed by atoms with Gasteiger partial charge in [0.2, 0.25) is 0 Å². The Kier molecular flexibility index (Phi) is 76.8. The van der Waals surface area contributed by atoms with E-state index in [1.165, 1.54) is 0 Å². The fourth-order valence-electron chi connectivity index (χ4n) is 6.69. The van der Waals surface area contributed by atoms with E-state index < -0.39 is 0 Å². The molecule has 0 saturated heterocycles. The lowest BCUT2D eigenvalue weighted by atomic mass is 10.4. The van der Waals surface area contributed by atoms with Crippen LogP contribution in [0.5, 0.6) is 0 Å². The quantitative estimate of drug-likeness (QED) is 0.0495. The third kappa shape index (κ3) is 76.9. The van der Waals surface area contributed by atoms with Crippen LogP contribution in [0.25, 0.3) is 0 Å². The van der Waals surface area contributed by atoms with Gasteiger partial charge in [-0.3, -0.25) is 0 Å². The molecule has 21 nitrogen and oxygen atoms in total. The highest BCUT2D eigenvalue weighted by Crippen LogP contribution is 1.99. The molecule has 80 heavy (non-hydrogen) atoms. The summed E-state index contributed by atoms with van der Waals surface area (Å²) in [5, 5.41) is 8.70. The van der Waals surface area contributed by atoms with Crippen molar-refractivity contribution in [1.82, 2.24) is 0 Å². The molecule has 0 aliphatic carbocycles. The van der Waals surface area contributed by atoms with Crippen molar-refractivity contribution in [3.8, 4) is 0 Å². The van der Waals surface area contributed by atoms with E-state index in [-0.39, 0.29) is 6.61 Å². The van der Waals surface area contributed by atoms with Crippen LogP contribution in [0.3, 0.4) is 0 Å². The highest BCUT2D eigenvalue weighted by Gasteiger charge is 2.01. The van der Waals surface area contributed by atoms with Crippen LogP contribution in [-0.2, 0) is 94.7 Å². The van der Waals surface area contributed by atoms with E-state index in [9.17, 15) is 0 Å². The zero-order valence-electron chi connectivity index (χ0n) is 50.2. The standard InChI is InChI=1S/C59H118O21/c1-2-20-61-52-54-78-56-58-80-59-57-79-55-53-77-51-18-50-76-49-17-48-75-47-16-46-74-45-15-44-73-43-14-42-72-41-13-40-71-39-12-38-70-37-11-36-69-35-10-34-68-33-9-32-67-31-8-30-66-29-7-28-65-27-6-26-64-25-5-24-63-23-4-22-62-21-3-19-60/h2,60H,1,3-59H2. The number of rotatable bonds is 77. The summed E-state index contributed by atoms with van der Waals surface area (Å²) in [4.78, 5) is 0. The fourth-order valence-corrected chi connectivity index (χ4v) is 6.69. The Balaban J connectivity index is 3.08. The molecule has 0 bridgehead atoms. The number of aliphatic hydroxyl groups excluding tert-OH is 1. The maximum atomic E-state index is 8.70. The Morgan fingerprint density at radius 3 is 0.412 bits per heavy atom. The predicted octanol–water partition coefficient (Wildman–Crippen LogP) is 6.74. The van der Waals surface area contributed by atoms with Gasteiger partial charge in [-0.1, -0.05) is 6.08 Å². The van der Waals surface area contributed by atoms with Gasteiger partial charge in [0.05, 0.1) is 59.5 Å². The van der Waals surface area contributed by atoms with E-state index in [0.717, 1.165) is 96.3 Å². The topological polar surface area (TPSA) is 205 Å². The average Bonchev–Trinajstić information content (AvgIpc) is 3.47. The molecule has 0 aromatic carbocycles. The summed E-state index contributed by atoms with van der Waals surface area (Å²) in [7, 11) is 0. The van der Waals surface area contributed by atoms with Crippen LogP contribution in [0.2, 0.25) is 0 Å². The summed E-state index contributed by atoms with van der Waals surface area (Å²) >= 11 is 0. The second-order valence-corrected chi connectivity index (χ2v) is 18.4. The summed E-state index contributed by atoms with van der Waals surface area (Å²) in [6.45, 7) is 30.2. The number of aliphatic hydroxyl groups is 1. The van der Waals surface area contributed by atoms with Crippen LogP contribution in [0.4, 0.5) is 0 Å². The van der Waals surface area contributed by atoms with Crippen molar-refractivity contribution >= 4 is 0 Å². The van der Waals surface area contributed by atoms with Crippen molar-refractivity contribution in [3.05, 3.63) is 12.7 Å². The van der Waals surface area contributed by atoms with Crippen LogP contribution >= 0.6 is 0 Å². The SMILES string of the molecule is C=CCOCCOCCOCCOCCOCCCOCCCOCCCOCCCOCCCOCCCOCCCOCCCOCCCOCCCOCCCOCCCOCCCOCCCOCCCOCCCO. The number of hydrogen-bond donors (Lipinski definition) is 1. The van der Waals surface area contributed by atoms with Gasteiger partial charge in [-0.15, -0.1) is 6.58 Å². The second kappa shape index (κ2) is 77.9. The maximum Gasteiger partial charge on any atom is 0.0704 e. The second-order valence-electron chi connectivity index (χ2n) is 18.4. The van der Waals surface area contributed by atoms with Crippen LogP contribution in [0, 0.1) is 0 Å². The average molecular weight is 1160 g/mol. The summed E-state index contributed by atoms with van der Waals surface area (Å²) in [6, 6.07) is 0. The molecule has 0 aliphatic rings. The van der Waals surface area contributed by atoms with Crippen LogP contribution < -0.4 is 0 Å². The molecule has 480 valence electrons. The fraction of sp³-hybridized carbons (Fsp3) is 0.966. The van der Waals surface area contributed by atoms with Crippen molar-refractivity contribution < 1.29 is 99.8 Å². The zero-order chi connectivity index (χ0) is 57.2. The lowest BCUT2D eigenvalue weighted by Gasteiger charge is -2.08. The predicted molar refractivity (Wildman–Crippen MR) is 308 cm³/mol. The molecule has 0 amide bonds. The molecule has 0 unspecified atom stereocenters. The minimum atomic E-state index is 0.175. The Hall–Kier alpha value is -1.10. The third-order valence-electron chi connectivity index (χ3n) is 10.8. The lowest BCUT2D eigenvalue weighted by molar-refractivity contribution is -0.0111. The highest BCUT2D eigenvalue weighted by atomic mass is 16.6. The Morgan fingerprint density at radius 1 is 0.163 bits per heavy atom. The first-order valence-electron chi connectivity index (χ1n) is 30.7. The molecule has 0 aliphatic heterocycles. The van der Waals surface area contributed by atoms with E-state index in [2.05, 4.69) is 6.58 Å². The maximum absolute atomic E-state index is 8.70. The first-order valence-corrected chi connectivity index (χ1v) is 30.7. The third-order valence-corrected chi connectivity index (χ3v) is 10.8. The molecule has 0 aromatic rings. The van der Waals surface area contributed by atoms with Gasteiger partial charge >= 0.3 is 0 Å². The van der Waals surface area contributed by atoms with Gasteiger partial charge in [-0.2, -0.15) is 0 Å². The van der Waals surface area contributed by atoms with E-state index in [1.807, 2.05) is 0 Å². The first kappa shape index (κ1) is 78.9. The molecule has 0 spiro atoms. The van der Waals surface area contributed by atoms with E-state index >= 15 is 0 Å². The molecule has 21 heteroatoms. The first-order chi connectivity index (χ1) is 39.9. The molecule has 0 saturated carbocycles. The number of hydrogen-bond acceptors (Lipinski definition) is 21. The van der Waals surface area contributed by atoms with Crippen molar-refractivity contribution in [1.29, 1.82) is 0 Å². The van der Waals surface area contributed by atoms with Crippen molar-refractivity contribution in [2.24, 2.45) is 0 Å². The summed E-state index contributed by atoms with van der Waals surface area (Å²) in [5.74, 6) is 0. The van der Waals surface area contributed by atoms with Gasteiger partial charge in [0, 0.05) is 211 Å². The molecule has 1 N–H and O–H groups in total. The van der Waals surface area contributed by atoms with Gasteiger partial charge in [0.25, 0.3) is 0 Å². The van der Waals surface area contributed by atoms with E-state index in [0.29, 0.717) is 271 Å². The normalized spacial score (nSPS) is 11.7. The van der Waals surface area contributed by atoms with Crippen molar-refractivity contribution in [3.63, 3.8) is 0 Å². The van der Waals surface area contributed by atoms with Crippen LogP contribution in [-0.4, -0.2) is 276 Å².